The fourth-order valence-electron chi connectivity index (χ4n) is 5.01. The van der Waals surface area contributed by atoms with Crippen LogP contribution in [-0.2, 0) is 13.0 Å². The lowest BCUT2D eigenvalue weighted by atomic mass is 9.87. The standard InChI is InChI=1S/C30H31N4O/c1-3-33(4-2)30(35)25-16-14-23(15-17-25)28-27-13-9-8-10-22(27)18-19-34(28)21-26-20-31-29(32-26)24-11-6-5-7-12-24/h5-7,9-17,20,28H,3-4,18-19,21H2,1-2H3,(H,31,32). The second-order valence-electron chi connectivity index (χ2n) is 8.97. The minimum atomic E-state index is 0.0861. The molecule has 0 saturated heterocycles. The molecule has 3 aromatic carbocycles. The van der Waals surface area contributed by atoms with Crippen molar-refractivity contribution >= 4 is 5.91 Å². The highest BCUT2D eigenvalue weighted by Crippen LogP contribution is 2.36. The molecule has 0 spiro atoms. The zero-order chi connectivity index (χ0) is 24.2. The van der Waals surface area contributed by atoms with E-state index in [1.165, 1.54) is 16.7 Å². The van der Waals surface area contributed by atoms with Crippen LogP contribution < -0.4 is 0 Å². The van der Waals surface area contributed by atoms with E-state index in [1.807, 2.05) is 61.3 Å². The number of hydrogen-bond donors (Lipinski definition) is 1. The molecule has 1 amide bonds. The average molecular weight is 464 g/mol. The molecule has 1 atom stereocenters. The highest BCUT2D eigenvalue weighted by atomic mass is 16.2. The van der Waals surface area contributed by atoms with Crippen molar-refractivity contribution in [2.45, 2.75) is 32.9 Å². The van der Waals surface area contributed by atoms with Crippen LogP contribution in [0.15, 0.2) is 79.0 Å². The van der Waals surface area contributed by atoms with E-state index < -0.39 is 0 Å². The largest absolute Gasteiger partial charge is 0.341 e. The molecule has 5 nitrogen and oxygen atoms in total. The summed E-state index contributed by atoms with van der Waals surface area (Å²) < 4.78 is 0. The maximum Gasteiger partial charge on any atom is 0.253 e. The van der Waals surface area contributed by atoms with Crippen LogP contribution in [0.5, 0.6) is 0 Å². The summed E-state index contributed by atoms with van der Waals surface area (Å²) >= 11 is 0. The first-order valence-corrected chi connectivity index (χ1v) is 12.4. The van der Waals surface area contributed by atoms with Gasteiger partial charge in [-0.05, 0) is 55.2 Å². The zero-order valence-electron chi connectivity index (χ0n) is 20.4. The lowest BCUT2D eigenvalue weighted by molar-refractivity contribution is 0.0773. The van der Waals surface area contributed by atoms with Crippen molar-refractivity contribution in [2.75, 3.05) is 19.6 Å². The van der Waals surface area contributed by atoms with Gasteiger partial charge in [0.05, 0.1) is 6.04 Å². The molecule has 0 fully saturated rings. The van der Waals surface area contributed by atoms with E-state index >= 15 is 0 Å². The van der Waals surface area contributed by atoms with Crippen LogP contribution >= 0.6 is 0 Å². The third-order valence-electron chi connectivity index (χ3n) is 6.89. The van der Waals surface area contributed by atoms with Gasteiger partial charge in [-0.25, -0.2) is 4.98 Å². The van der Waals surface area contributed by atoms with Gasteiger partial charge in [-0.2, -0.15) is 0 Å². The van der Waals surface area contributed by atoms with E-state index in [9.17, 15) is 4.79 Å². The maximum absolute atomic E-state index is 12.8. The van der Waals surface area contributed by atoms with Gasteiger partial charge >= 0.3 is 0 Å². The molecule has 1 aliphatic heterocycles. The Labute approximate surface area is 207 Å². The molecule has 2 heterocycles. The summed E-state index contributed by atoms with van der Waals surface area (Å²) in [6.07, 6.45) is 2.93. The molecule has 4 aromatic rings. The monoisotopic (exact) mass is 463 g/mol. The zero-order valence-corrected chi connectivity index (χ0v) is 20.4. The number of aromatic nitrogens is 2. The quantitative estimate of drug-likeness (QED) is 0.393. The first-order valence-electron chi connectivity index (χ1n) is 12.4. The molecule has 0 bridgehead atoms. The molecular weight excluding hydrogens is 432 g/mol. The van der Waals surface area contributed by atoms with Crippen LogP contribution in [0.4, 0.5) is 0 Å². The normalized spacial score (nSPS) is 15.5. The van der Waals surface area contributed by atoms with Gasteiger partial charge in [-0.3, -0.25) is 9.69 Å². The van der Waals surface area contributed by atoms with E-state index in [4.69, 9.17) is 0 Å². The van der Waals surface area contributed by atoms with E-state index in [-0.39, 0.29) is 11.9 Å². The van der Waals surface area contributed by atoms with Crippen LogP contribution in [0.3, 0.4) is 0 Å². The van der Waals surface area contributed by atoms with Crippen molar-refractivity contribution in [3.8, 4) is 11.4 Å². The smallest absolute Gasteiger partial charge is 0.253 e. The van der Waals surface area contributed by atoms with Crippen molar-refractivity contribution in [3.63, 3.8) is 0 Å². The number of imidazole rings is 1. The average Bonchev–Trinajstić information content (AvgIpc) is 3.38. The second kappa shape index (κ2) is 10.3. The number of fused-ring (bicyclic) bond motifs is 1. The molecule has 1 N–H and O–H groups in total. The van der Waals surface area contributed by atoms with E-state index in [2.05, 4.69) is 57.3 Å². The lowest BCUT2D eigenvalue weighted by Gasteiger charge is -2.37. The fourth-order valence-corrected chi connectivity index (χ4v) is 5.01. The first-order chi connectivity index (χ1) is 17.2. The number of hydrogen-bond acceptors (Lipinski definition) is 3. The number of carbonyl (C=O) groups is 1. The molecule has 1 aliphatic rings. The van der Waals surface area contributed by atoms with E-state index in [1.54, 1.807) is 0 Å². The Kier molecular flexibility index (Phi) is 6.77. The summed E-state index contributed by atoms with van der Waals surface area (Å²) in [4.78, 5) is 25.3. The third-order valence-corrected chi connectivity index (χ3v) is 6.89. The topological polar surface area (TPSA) is 52.2 Å². The van der Waals surface area contributed by atoms with Crippen molar-refractivity contribution in [2.24, 2.45) is 0 Å². The van der Waals surface area contributed by atoms with Crippen LogP contribution in [-0.4, -0.2) is 45.3 Å². The molecule has 0 aliphatic carbocycles. The molecule has 1 aromatic heterocycles. The summed E-state index contributed by atoms with van der Waals surface area (Å²) in [5, 5.41) is 0. The Bertz CT molecular complexity index is 1280. The van der Waals surface area contributed by atoms with Crippen molar-refractivity contribution in [3.05, 3.63) is 113 Å². The predicted octanol–water partition coefficient (Wildman–Crippen LogP) is 5.51. The molecule has 177 valence electrons. The van der Waals surface area contributed by atoms with Crippen LogP contribution in [0.2, 0.25) is 0 Å². The Morgan fingerprint density at radius 2 is 1.86 bits per heavy atom. The number of aromatic amines is 1. The molecule has 5 heteroatoms. The number of rotatable bonds is 7. The summed E-state index contributed by atoms with van der Waals surface area (Å²) in [5.41, 5.74) is 6.75. The van der Waals surface area contributed by atoms with Crippen LogP contribution in [0, 0.1) is 6.07 Å². The van der Waals surface area contributed by atoms with Gasteiger partial charge in [0.25, 0.3) is 5.91 Å². The van der Waals surface area contributed by atoms with Gasteiger partial charge in [-0.1, -0.05) is 60.7 Å². The minimum absolute atomic E-state index is 0.0861. The molecule has 35 heavy (non-hydrogen) atoms. The number of amides is 1. The van der Waals surface area contributed by atoms with Gasteiger partial charge in [0.1, 0.15) is 5.82 Å². The summed E-state index contributed by atoms with van der Waals surface area (Å²) in [6.45, 7) is 7.17. The second-order valence-corrected chi connectivity index (χ2v) is 8.97. The number of nitrogens with one attached hydrogen (secondary N) is 1. The van der Waals surface area contributed by atoms with E-state index in [0.717, 1.165) is 42.2 Å². The maximum atomic E-state index is 12.8. The Morgan fingerprint density at radius 1 is 1.09 bits per heavy atom. The van der Waals surface area contributed by atoms with Gasteiger partial charge in [0.15, 0.2) is 0 Å². The summed E-state index contributed by atoms with van der Waals surface area (Å²) in [6, 6.07) is 28.0. The predicted molar refractivity (Wildman–Crippen MR) is 139 cm³/mol. The number of nitrogens with zero attached hydrogens (tertiary/aromatic N) is 3. The Hall–Kier alpha value is -3.70. The number of H-pyrrole nitrogens is 1. The molecule has 0 saturated carbocycles. The number of carbonyl (C=O) groups excluding carboxylic acids is 1. The SMILES string of the molecule is CCN(CC)C(=O)c1ccc(C2c3cc[c]cc3CCN2Cc2cnc(-c3ccccc3)[nH]2)cc1. The summed E-state index contributed by atoms with van der Waals surface area (Å²) in [7, 11) is 0. The first kappa shape index (κ1) is 23.1. The van der Waals surface area contributed by atoms with Gasteiger partial charge in [0.2, 0.25) is 0 Å². The highest BCUT2D eigenvalue weighted by molar-refractivity contribution is 5.94. The Balaban J connectivity index is 1.44. The van der Waals surface area contributed by atoms with Crippen molar-refractivity contribution in [1.82, 2.24) is 19.8 Å². The van der Waals surface area contributed by atoms with Crippen molar-refractivity contribution < 1.29 is 4.79 Å². The fraction of sp³-hybridized carbons (Fsp3) is 0.267. The van der Waals surface area contributed by atoms with Gasteiger partial charge < -0.3 is 9.88 Å². The van der Waals surface area contributed by atoms with E-state index in [0.29, 0.717) is 13.1 Å². The molecule has 1 unspecified atom stereocenters. The highest BCUT2D eigenvalue weighted by Gasteiger charge is 2.29. The Morgan fingerprint density at radius 3 is 2.60 bits per heavy atom. The van der Waals surface area contributed by atoms with Crippen LogP contribution in [0.1, 0.15) is 52.6 Å². The van der Waals surface area contributed by atoms with Crippen LogP contribution in [0.25, 0.3) is 11.4 Å². The molecule has 1 radical (unpaired) electrons. The minimum Gasteiger partial charge on any atom is -0.341 e. The van der Waals surface area contributed by atoms with Gasteiger partial charge in [0, 0.05) is 49.2 Å². The van der Waals surface area contributed by atoms with Crippen molar-refractivity contribution in [1.29, 1.82) is 0 Å². The molecule has 5 rings (SSSR count). The lowest BCUT2D eigenvalue weighted by Crippen LogP contribution is -2.36. The summed E-state index contributed by atoms with van der Waals surface area (Å²) in [5.74, 6) is 0.978. The third kappa shape index (κ3) is 4.77. The molecular formula is C30H31N4O. The van der Waals surface area contributed by atoms with Gasteiger partial charge in [-0.15, -0.1) is 0 Å². The number of benzene rings is 3.